The molecular weight excluding hydrogens is 322 g/mol. The van der Waals surface area contributed by atoms with E-state index in [1.807, 2.05) is 19.0 Å². The second-order valence-corrected chi connectivity index (χ2v) is 7.45. The summed E-state index contributed by atoms with van der Waals surface area (Å²) in [5.41, 5.74) is 6.98. The molecule has 1 atom stereocenters. The van der Waals surface area contributed by atoms with E-state index in [4.69, 9.17) is 5.73 Å². The quantitative estimate of drug-likeness (QED) is 0.908. The van der Waals surface area contributed by atoms with Gasteiger partial charge in [-0.2, -0.15) is 15.0 Å². The lowest BCUT2D eigenvalue weighted by molar-refractivity contribution is 0.156. The highest BCUT2D eigenvalue weighted by molar-refractivity contribution is 7.09. The fraction of sp³-hybridized carbons (Fsp3) is 0.625. The Hall–Kier alpha value is -1.80. The van der Waals surface area contributed by atoms with E-state index in [1.165, 1.54) is 5.01 Å². The van der Waals surface area contributed by atoms with Crippen molar-refractivity contribution in [1.29, 1.82) is 0 Å². The van der Waals surface area contributed by atoms with E-state index in [1.54, 1.807) is 11.3 Å². The van der Waals surface area contributed by atoms with E-state index < -0.39 is 0 Å². The highest BCUT2D eigenvalue weighted by atomic mass is 32.1. The Kier molecular flexibility index (Phi) is 4.96. The first-order valence-corrected chi connectivity index (χ1v) is 9.17. The summed E-state index contributed by atoms with van der Waals surface area (Å²) in [6.45, 7) is 6.24. The highest BCUT2D eigenvalue weighted by Crippen LogP contribution is 2.33. The third-order valence-electron chi connectivity index (χ3n) is 4.50. The molecule has 1 aliphatic heterocycles. The van der Waals surface area contributed by atoms with Gasteiger partial charge in [-0.25, -0.2) is 4.98 Å². The molecule has 0 amide bonds. The van der Waals surface area contributed by atoms with Gasteiger partial charge in [-0.05, 0) is 39.8 Å². The van der Waals surface area contributed by atoms with Gasteiger partial charge in [0.25, 0.3) is 0 Å². The zero-order valence-electron chi connectivity index (χ0n) is 14.7. The van der Waals surface area contributed by atoms with Gasteiger partial charge in [0.05, 0.1) is 11.0 Å². The SMILES string of the molecule is Cc1csc(C2CCN([C@H](C)c3nc(N)nc(N(C)C)n3)CC2)n1. The van der Waals surface area contributed by atoms with Gasteiger partial charge in [-0.15, -0.1) is 11.3 Å². The normalized spacial score (nSPS) is 17.8. The first kappa shape index (κ1) is 17.0. The summed E-state index contributed by atoms with van der Waals surface area (Å²) in [6.07, 6.45) is 2.25. The first-order chi connectivity index (χ1) is 11.4. The number of aromatic nitrogens is 4. The Labute approximate surface area is 147 Å². The lowest BCUT2D eigenvalue weighted by Gasteiger charge is -2.34. The predicted octanol–water partition coefficient (Wildman–Crippen LogP) is 2.23. The second-order valence-electron chi connectivity index (χ2n) is 6.56. The van der Waals surface area contributed by atoms with E-state index >= 15 is 0 Å². The number of likely N-dealkylation sites (tertiary alicyclic amines) is 1. The van der Waals surface area contributed by atoms with Crippen LogP contribution in [0.1, 0.15) is 48.3 Å². The molecule has 2 aromatic rings. The number of hydrogen-bond donors (Lipinski definition) is 1. The van der Waals surface area contributed by atoms with Crippen molar-refractivity contribution in [2.24, 2.45) is 0 Å². The summed E-state index contributed by atoms with van der Waals surface area (Å²) >= 11 is 1.78. The zero-order chi connectivity index (χ0) is 17.3. The van der Waals surface area contributed by atoms with Gasteiger partial charge < -0.3 is 10.6 Å². The summed E-state index contributed by atoms with van der Waals surface area (Å²) in [5.74, 6) is 2.21. The van der Waals surface area contributed by atoms with Gasteiger partial charge in [-0.3, -0.25) is 4.90 Å². The van der Waals surface area contributed by atoms with Crippen LogP contribution in [0, 0.1) is 6.92 Å². The van der Waals surface area contributed by atoms with Crippen molar-refractivity contribution >= 4 is 23.2 Å². The third-order valence-corrected chi connectivity index (χ3v) is 5.62. The van der Waals surface area contributed by atoms with Crippen LogP contribution in [0.5, 0.6) is 0 Å². The molecule has 0 aliphatic carbocycles. The molecule has 0 saturated carbocycles. The van der Waals surface area contributed by atoms with E-state index in [-0.39, 0.29) is 12.0 Å². The summed E-state index contributed by atoms with van der Waals surface area (Å²) < 4.78 is 0. The number of piperidine rings is 1. The fourth-order valence-corrected chi connectivity index (χ4v) is 4.01. The zero-order valence-corrected chi connectivity index (χ0v) is 15.5. The van der Waals surface area contributed by atoms with E-state index in [0.717, 1.165) is 37.4 Å². The molecule has 7 nitrogen and oxygen atoms in total. The number of rotatable bonds is 4. The van der Waals surface area contributed by atoms with Crippen LogP contribution in [0.3, 0.4) is 0 Å². The minimum atomic E-state index is 0.132. The van der Waals surface area contributed by atoms with Crippen molar-refractivity contribution in [3.05, 3.63) is 21.9 Å². The molecule has 1 saturated heterocycles. The summed E-state index contributed by atoms with van der Waals surface area (Å²) in [5, 5.41) is 3.42. The number of nitrogen functional groups attached to an aromatic ring is 1. The molecule has 3 heterocycles. The summed E-state index contributed by atoms with van der Waals surface area (Å²) in [4.78, 5) is 22.0. The number of anilines is 2. The molecule has 130 valence electrons. The van der Waals surface area contributed by atoms with Gasteiger partial charge in [0.1, 0.15) is 0 Å². The Morgan fingerprint density at radius 2 is 1.92 bits per heavy atom. The fourth-order valence-electron chi connectivity index (χ4n) is 3.04. The molecule has 8 heteroatoms. The van der Waals surface area contributed by atoms with E-state index in [2.05, 4.69) is 44.1 Å². The lowest BCUT2D eigenvalue weighted by Crippen LogP contribution is -2.36. The standard InChI is InChI=1S/C16H25N7S/c1-10-9-24-14(18-10)12-5-7-23(8-6-12)11(2)13-19-15(17)21-16(20-13)22(3)4/h9,11-12H,5-8H2,1-4H3,(H2,17,19,20,21)/t11-/m1/s1. The molecule has 24 heavy (non-hydrogen) atoms. The Morgan fingerprint density at radius 3 is 2.50 bits per heavy atom. The molecule has 0 radical (unpaired) electrons. The van der Waals surface area contributed by atoms with Gasteiger partial charge in [-0.1, -0.05) is 0 Å². The van der Waals surface area contributed by atoms with Crippen molar-refractivity contribution in [1.82, 2.24) is 24.8 Å². The molecule has 0 unspecified atom stereocenters. The second kappa shape index (κ2) is 6.98. The molecular formula is C16H25N7S. The van der Waals surface area contributed by atoms with Crippen LogP contribution in [-0.4, -0.2) is 52.0 Å². The van der Waals surface area contributed by atoms with Crippen molar-refractivity contribution < 1.29 is 0 Å². The average Bonchev–Trinajstić information content (AvgIpc) is 3.00. The molecule has 2 aromatic heterocycles. The van der Waals surface area contributed by atoms with Crippen molar-refractivity contribution in [3.8, 4) is 0 Å². The van der Waals surface area contributed by atoms with Gasteiger partial charge >= 0.3 is 0 Å². The monoisotopic (exact) mass is 347 g/mol. The Balaban J connectivity index is 1.68. The lowest BCUT2D eigenvalue weighted by atomic mass is 9.96. The molecule has 0 bridgehead atoms. The minimum Gasteiger partial charge on any atom is -0.368 e. The number of aryl methyl sites for hydroxylation is 1. The number of nitrogens with two attached hydrogens (primary N) is 1. The number of hydrogen-bond acceptors (Lipinski definition) is 8. The molecule has 1 fully saturated rings. The van der Waals surface area contributed by atoms with Crippen molar-refractivity contribution in [2.75, 3.05) is 37.8 Å². The van der Waals surface area contributed by atoms with Gasteiger partial charge in [0.15, 0.2) is 5.82 Å². The largest absolute Gasteiger partial charge is 0.368 e. The third kappa shape index (κ3) is 3.64. The van der Waals surface area contributed by atoms with Crippen molar-refractivity contribution in [3.63, 3.8) is 0 Å². The van der Waals surface area contributed by atoms with Crippen LogP contribution in [0.25, 0.3) is 0 Å². The Morgan fingerprint density at radius 1 is 1.21 bits per heavy atom. The smallest absolute Gasteiger partial charge is 0.229 e. The maximum absolute atomic E-state index is 5.85. The number of thiazole rings is 1. The molecule has 0 spiro atoms. The maximum atomic E-state index is 5.85. The molecule has 1 aliphatic rings. The first-order valence-electron chi connectivity index (χ1n) is 8.29. The molecule has 3 rings (SSSR count). The summed E-state index contributed by atoms with van der Waals surface area (Å²) in [7, 11) is 3.81. The van der Waals surface area contributed by atoms with E-state index in [9.17, 15) is 0 Å². The topological polar surface area (TPSA) is 84.1 Å². The summed E-state index contributed by atoms with van der Waals surface area (Å²) in [6, 6.07) is 0.132. The van der Waals surface area contributed by atoms with Gasteiger partial charge in [0, 0.05) is 31.1 Å². The predicted molar refractivity (Wildman–Crippen MR) is 97.4 cm³/mol. The van der Waals surface area contributed by atoms with Gasteiger partial charge in [0.2, 0.25) is 11.9 Å². The van der Waals surface area contributed by atoms with Crippen LogP contribution >= 0.6 is 11.3 Å². The van der Waals surface area contributed by atoms with Crippen LogP contribution in [0.2, 0.25) is 0 Å². The number of nitrogens with zero attached hydrogens (tertiary/aromatic N) is 6. The van der Waals surface area contributed by atoms with Crippen LogP contribution in [0.4, 0.5) is 11.9 Å². The van der Waals surface area contributed by atoms with Crippen LogP contribution in [-0.2, 0) is 0 Å². The minimum absolute atomic E-state index is 0.132. The molecule has 2 N–H and O–H groups in total. The van der Waals surface area contributed by atoms with Crippen LogP contribution in [0.15, 0.2) is 5.38 Å². The Bertz CT molecular complexity index is 691. The molecule has 0 aromatic carbocycles. The van der Waals surface area contributed by atoms with E-state index in [0.29, 0.717) is 11.9 Å². The van der Waals surface area contributed by atoms with Crippen molar-refractivity contribution in [2.45, 2.75) is 38.6 Å². The van der Waals surface area contributed by atoms with Crippen LogP contribution < -0.4 is 10.6 Å². The maximum Gasteiger partial charge on any atom is 0.229 e. The highest BCUT2D eigenvalue weighted by Gasteiger charge is 2.27. The average molecular weight is 347 g/mol.